The Hall–Kier alpha value is -1.55. The topological polar surface area (TPSA) is 64.3 Å². The van der Waals surface area contributed by atoms with Gasteiger partial charge < -0.3 is 10.5 Å². The van der Waals surface area contributed by atoms with Crippen LogP contribution in [0.5, 0.6) is 0 Å². The van der Waals surface area contributed by atoms with Gasteiger partial charge in [-0.05, 0) is 70.2 Å². The normalized spacial score (nSPS) is 16.8. The summed E-state index contributed by atoms with van der Waals surface area (Å²) in [5, 5.41) is 2.89. The zero-order valence-electron chi connectivity index (χ0n) is 14.4. The van der Waals surface area contributed by atoms with Gasteiger partial charge in [0, 0.05) is 17.6 Å². The number of benzene rings is 1. The molecule has 122 valence electrons. The van der Waals surface area contributed by atoms with Crippen LogP contribution in [0.3, 0.4) is 0 Å². The van der Waals surface area contributed by atoms with Crippen LogP contribution in [0.25, 0.3) is 0 Å². The van der Waals surface area contributed by atoms with Gasteiger partial charge in [-0.25, -0.2) is 4.79 Å². The predicted octanol–water partition coefficient (Wildman–Crippen LogP) is 4.03. The van der Waals surface area contributed by atoms with Crippen LogP contribution in [0.2, 0.25) is 0 Å². The Balaban J connectivity index is 2.28. The van der Waals surface area contributed by atoms with Crippen molar-refractivity contribution in [2.75, 3.05) is 11.9 Å². The molecule has 0 radical (unpaired) electrons. The lowest BCUT2D eigenvalue weighted by atomic mass is 9.64. The molecule has 4 nitrogen and oxygen atoms in total. The Labute approximate surface area is 133 Å². The number of nitrogens with one attached hydrogen (secondary N) is 1. The summed E-state index contributed by atoms with van der Waals surface area (Å²) in [7, 11) is 0. The molecule has 0 bridgehead atoms. The number of carbonyl (C=O) groups is 1. The largest absolute Gasteiger partial charge is 0.444 e. The summed E-state index contributed by atoms with van der Waals surface area (Å²) in [6, 6.07) is 4.28. The molecule has 1 aromatic rings. The molecule has 0 unspecified atom stereocenters. The molecule has 22 heavy (non-hydrogen) atoms. The van der Waals surface area contributed by atoms with Crippen molar-refractivity contribution in [1.82, 2.24) is 0 Å². The third kappa shape index (κ3) is 3.43. The number of anilines is 1. The molecule has 0 heterocycles. The molecule has 1 aliphatic carbocycles. The highest BCUT2D eigenvalue weighted by molar-refractivity contribution is 5.86. The smallest absolute Gasteiger partial charge is 0.412 e. The van der Waals surface area contributed by atoms with Crippen molar-refractivity contribution in [3.8, 4) is 0 Å². The SMILES string of the molecule is Cc1cc(C2(CN)CCC2)cc(NC(=O)OC(C)(C)C)c1C. The second kappa shape index (κ2) is 5.92. The second-order valence-corrected chi connectivity index (χ2v) is 7.43. The molecular formula is C18H28N2O2. The van der Waals surface area contributed by atoms with Crippen molar-refractivity contribution >= 4 is 11.8 Å². The van der Waals surface area contributed by atoms with E-state index in [1.807, 2.05) is 27.7 Å². The standard InChI is InChI=1S/C18H28N2O2/c1-12-9-14(18(11-19)7-6-8-18)10-15(13(12)2)20-16(21)22-17(3,4)5/h9-10H,6-8,11,19H2,1-5H3,(H,20,21). The molecule has 0 aliphatic heterocycles. The van der Waals surface area contributed by atoms with Crippen molar-refractivity contribution in [3.63, 3.8) is 0 Å². The molecule has 0 atom stereocenters. The van der Waals surface area contributed by atoms with Gasteiger partial charge in [-0.3, -0.25) is 5.32 Å². The predicted molar refractivity (Wildman–Crippen MR) is 90.4 cm³/mol. The van der Waals surface area contributed by atoms with Gasteiger partial charge in [0.1, 0.15) is 5.60 Å². The number of hydrogen-bond donors (Lipinski definition) is 2. The van der Waals surface area contributed by atoms with Gasteiger partial charge in [0.05, 0.1) is 0 Å². The van der Waals surface area contributed by atoms with E-state index in [2.05, 4.69) is 24.4 Å². The van der Waals surface area contributed by atoms with Crippen LogP contribution in [0, 0.1) is 13.8 Å². The van der Waals surface area contributed by atoms with Crippen LogP contribution < -0.4 is 11.1 Å². The molecule has 1 aromatic carbocycles. The van der Waals surface area contributed by atoms with Crippen LogP contribution >= 0.6 is 0 Å². The zero-order chi connectivity index (χ0) is 16.5. The van der Waals surface area contributed by atoms with Crippen LogP contribution in [0.1, 0.15) is 56.7 Å². The van der Waals surface area contributed by atoms with Crippen molar-refractivity contribution in [2.24, 2.45) is 5.73 Å². The van der Waals surface area contributed by atoms with Crippen molar-refractivity contribution in [3.05, 3.63) is 28.8 Å². The monoisotopic (exact) mass is 304 g/mol. The molecule has 1 saturated carbocycles. The summed E-state index contributed by atoms with van der Waals surface area (Å²) in [6.07, 6.45) is 3.05. The highest BCUT2D eigenvalue weighted by Crippen LogP contribution is 2.44. The fourth-order valence-electron chi connectivity index (χ4n) is 2.92. The molecule has 1 amide bonds. The summed E-state index contributed by atoms with van der Waals surface area (Å²) >= 11 is 0. The number of hydrogen-bond acceptors (Lipinski definition) is 3. The van der Waals surface area contributed by atoms with E-state index in [-0.39, 0.29) is 5.41 Å². The number of carbonyl (C=O) groups excluding carboxylic acids is 1. The average Bonchev–Trinajstić information content (AvgIpc) is 2.32. The lowest BCUT2D eigenvalue weighted by molar-refractivity contribution is 0.0636. The maximum Gasteiger partial charge on any atom is 0.412 e. The Morgan fingerprint density at radius 3 is 2.41 bits per heavy atom. The molecular weight excluding hydrogens is 276 g/mol. The number of ether oxygens (including phenoxy) is 1. The maximum absolute atomic E-state index is 12.0. The number of nitrogens with two attached hydrogens (primary N) is 1. The Morgan fingerprint density at radius 1 is 1.32 bits per heavy atom. The molecule has 1 aliphatic rings. The van der Waals surface area contributed by atoms with Crippen molar-refractivity contribution in [2.45, 2.75) is 64.9 Å². The lowest BCUT2D eigenvalue weighted by Crippen LogP contribution is -2.41. The van der Waals surface area contributed by atoms with Gasteiger partial charge in [0.15, 0.2) is 0 Å². The van der Waals surface area contributed by atoms with Crippen LogP contribution in [-0.2, 0) is 10.2 Å². The molecule has 2 rings (SSSR count). The Bertz CT molecular complexity index is 564. The molecule has 4 heteroatoms. The summed E-state index contributed by atoms with van der Waals surface area (Å²) in [6.45, 7) is 10.3. The van der Waals surface area contributed by atoms with E-state index in [0.717, 1.165) is 24.1 Å². The first-order valence-electron chi connectivity index (χ1n) is 7.99. The summed E-state index contributed by atoms with van der Waals surface area (Å²) in [5.74, 6) is 0. The highest BCUT2D eigenvalue weighted by atomic mass is 16.6. The van der Waals surface area contributed by atoms with E-state index in [1.54, 1.807) is 0 Å². The Kier molecular flexibility index (Phi) is 4.52. The first-order valence-corrected chi connectivity index (χ1v) is 7.99. The third-order valence-corrected chi connectivity index (χ3v) is 4.62. The molecule has 3 N–H and O–H groups in total. The summed E-state index contributed by atoms with van der Waals surface area (Å²) in [4.78, 5) is 12.0. The van der Waals surface area contributed by atoms with Crippen molar-refractivity contribution < 1.29 is 9.53 Å². The van der Waals surface area contributed by atoms with Crippen LogP contribution in [-0.4, -0.2) is 18.2 Å². The van der Waals surface area contributed by atoms with Gasteiger partial charge >= 0.3 is 6.09 Å². The fourth-order valence-corrected chi connectivity index (χ4v) is 2.92. The minimum absolute atomic E-state index is 0.0861. The van der Waals surface area contributed by atoms with Crippen LogP contribution in [0.15, 0.2) is 12.1 Å². The van der Waals surface area contributed by atoms with Crippen LogP contribution in [0.4, 0.5) is 10.5 Å². The number of amides is 1. The van der Waals surface area contributed by atoms with Gasteiger partial charge in [0.25, 0.3) is 0 Å². The van der Waals surface area contributed by atoms with Crippen molar-refractivity contribution in [1.29, 1.82) is 0 Å². The molecule has 0 spiro atoms. The quantitative estimate of drug-likeness (QED) is 0.886. The maximum atomic E-state index is 12.0. The summed E-state index contributed by atoms with van der Waals surface area (Å²) in [5.41, 5.74) is 9.89. The average molecular weight is 304 g/mol. The minimum Gasteiger partial charge on any atom is -0.444 e. The second-order valence-electron chi connectivity index (χ2n) is 7.43. The van der Waals surface area contributed by atoms with E-state index >= 15 is 0 Å². The highest BCUT2D eigenvalue weighted by Gasteiger charge is 2.37. The van der Waals surface area contributed by atoms with E-state index in [9.17, 15) is 4.79 Å². The fraction of sp³-hybridized carbons (Fsp3) is 0.611. The van der Waals surface area contributed by atoms with Gasteiger partial charge in [-0.1, -0.05) is 12.5 Å². The number of rotatable bonds is 3. The summed E-state index contributed by atoms with van der Waals surface area (Å²) < 4.78 is 5.35. The molecule has 0 aromatic heterocycles. The minimum atomic E-state index is -0.503. The van der Waals surface area contributed by atoms with E-state index in [0.29, 0.717) is 6.54 Å². The van der Waals surface area contributed by atoms with E-state index < -0.39 is 11.7 Å². The number of aryl methyl sites for hydroxylation is 1. The van der Waals surface area contributed by atoms with Gasteiger partial charge in [-0.2, -0.15) is 0 Å². The first-order chi connectivity index (χ1) is 10.2. The Morgan fingerprint density at radius 2 is 1.95 bits per heavy atom. The van der Waals surface area contributed by atoms with E-state index in [4.69, 9.17) is 10.5 Å². The van der Waals surface area contributed by atoms with Gasteiger partial charge in [0.2, 0.25) is 0 Å². The van der Waals surface area contributed by atoms with E-state index in [1.165, 1.54) is 17.5 Å². The molecule has 1 fully saturated rings. The zero-order valence-corrected chi connectivity index (χ0v) is 14.4. The lowest BCUT2D eigenvalue weighted by Gasteiger charge is -2.42. The van der Waals surface area contributed by atoms with Gasteiger partial charge in [-0.15, -0.1) is 0 Å². The third-order valence-electron chi connectivity index (χ3n) is 4.62. The molecule has 0 saturated heterocycles. The first kappa shape index (κ1) is 16.8.